The number of anilines is 1. The predicted octanol–water partition coefficient (Wildman–Crippen LogP) is 1.79. The minimum atomic E-state index is -3.44. The molecule has 1 rings (SSSR count). The summed E-state index contributed by atoms with van der Waals surface area (Å²) in [6.07, 6.45) is 0.357. The molecule has 112 valence electrons. The highest BCUT2D eigenvalue weighted by Crippen LogP contribution is 2.17. The molecule has 1 aromatic rings. The maximum absolute atomic E-state index is 11.7. The third-order valence-electron chi connectivity index (χ3n) is 2.88. The van der Waals surface area contributed by atoms with Crippen molar-refractivity contribution < 1.29 is 13.2 Å². The normalized spacial score (nSPS) is 11.3. The van der Waals surface area contributed by atoms with Gasteiger partial charge in [-0.2, -0.15) is 0 Å². The summed E-state index contributed by atoms with van der Waals surface area (Å²) in [7, 11) is -3.44. The van der Waals surface area contributed by atoms with Gasteiger partial charge in [-0.25, -0.2) is 13.1 Å². The monoisotopic (exact) mass is 318 g/mol. The van der Waals surface area contributed by atoms with Crippen LogP contribution in [0.5, 0.6) is 0 Å². The van der Waals surface area contributed by atoms with Crippen LogP contribution in [0.4, 0.5) is 5.69 Å². The summed E-state index contributed by atoms with van der Waals surface area (Å²) in [5, 5.41) is 2.69. The Hall–Kier alpha value is -1.11. The Bertz CT molecular complexity index is 573. The zero-order valence-corrected chi connectivity index (χ0v) is 13.1. The SMILES string of the molecule is Cc1cccc(NC(=O)CNS(=O)(=O)CCCCl)c1C. The maximum Gasteiger partial charge on any atom is 0.239 e. The van der Waals surface area contributed by atoms with Gasteiger partial charge >= 0.3 is 0 Å². The fourth-order valence-corrected chi connectivity index (χ4v) is 2.88. The number of nitrogens with one attached hydrogen (secondary N) is 2. The molecule has 0 bridgehead atoms. The van der Waals surface area contributed by atoms with Gasteiger partial charge in [-0.1, -0.05) is 12.1 Å². The van der Waals surface area contributed by atoms with E-state index < -0.39 is 15.9 Å². The molecule has 0 heterocycles. The molecular formula is C13H19ClN2O3S. The average molecular weight is 319 g/mol. The summed E-state index contributed by atoms with van der Waals surface area (Å²) in [5.41, 5.74) is 2.71. The van der Waals surface area contributed by atoms with E-state index >= 15 is 0 Å². The van der Waals surface area contributed by atoms with Crippen molar-refractivity contribution in [1.29, 1.82) is 0 Å². The first-order valence-electron chi connectivity index (χ1n) is 6.25. The molecular weight excluding hydrogens is 300 g/mol. The molecule has 0 radical (unpaired) electrons. The number of hydrogen-bond donors (Lipinski definition) is 2. The lowest BCUT2D eigenvalue weighted by atomic mass is 10.1. The van der Waals surface area contributed by atoms with Gasteiger partial charge in [0.15, 0.2) is 0 Å². The Kier molecular flexibility index (Phi) is 6.45. The third-order valence-corrected chi connectivity index (χ3v) is 4.56. The molecule has 0 aliphatic rings. The second kappa shape index (κ2) is 7.61. The highest BCUT2D eigenvalue weighted by molar-refractivity contribution is 7.89. The van der Waals surface area contributed by atoms with E-state index in [9.17, 15) is 13.2 Å². The van der Waals surface area contributed by atoms with Crippen LogP contribution in [-0.2, 0) is 14.8 Å². The molecule has 0 aliphatic carbocycles. The van der Waals surface area contributed by atoms with Gasteiger partial charge < -0.3 is 5.32 Å². The first-order chi connectivity index (χ1) is 9.35. The second-order valence-electron chi connectivity index (χ2n) is 4.48. The summed E-state index contributed by atoms with van der Waals surface area (Å²) in [6, 6.07) is 5.56. The molecule has 0 spiro atoms. The van der Waals surface area contributed by atoms with Crippen molar-refractivity contribution in [2.75, 3.05) is 23.5 Å². The van der Waals surface area contributed by atoms with Crippen LogP contribution in [0.15, 0.2) is 18.2 Å². The van der Waals surface area contributed by atoms with Crippen LogP contribution >= 0.6 is 11.6 Å². The lowest BCUT2D eigenvalue weighted by Gasteiger charge is -2.11. The molecule has 0 fully saturated rings. The van der Waals surface area contributed by atoms with Crippen LogP contribution in [0.1, 0.15) is 17.5 Å². The summed E-state index contributed by atoms with van der Waals surface area (Å²) in [5.74, 6) is -0.198. The molecule has 1 aromatic carbocycles. The van der Waals surface area contributed by atoms with Crippen molar-refractivity contribution in [2.24, 2.45) is 0 Å². The Labute approximate surface area is 124 Å². The summed E-state index contributed by atoms with van der Waals surface area (Å²) in [4.78, 5) is 11.7. The number of carbonyl (C=O) groups excluding carboxylic acids is 1. The molecule has 0 unspecified atom stereocenters. The van der Waals surface area contributed by atoms with Crippen LogP contribution in [0.3, 0.4) is 0 Å². The van der Waals surface area contributed by atoms with E-state index in [1.165, 1.54) is 0 Å². The third kappa shape index (κ3) is 5.48. The van der Waals surface area contributed by atoms with Crippen molar-refractivity contribution in [2.45, 2.75) is 20.3 Å². The number of aryl methyl sites for hydroxylation is 1. The number of carbonyl (C=O) groups is 1. The zero-order chi connectivity index (χ0) is 15.2. The van der Waals surface area contributed by atoms with Crippen LogP contribution < -0.4 is 10.0 Å². The van der Waals surface area contributed by atoms with Gasteiger partial charge in [0, 0.05) is 11.6 Å². The first-order valence-corrected chi connectivity index (χ1v) is 8.44. The molecule has 0 aromatic heterocycles. The van der Waals surface area contributed by atoms with E-state index in [0.717, 1.165) is 11.1 Å². The second-order valence-corrected chi connectivity index (χ2v) is 6.78. The van der Waals surface area contributed by atoms with E-state index in [4.69, 9.17) is 11.6 Å². The molecule has 5 nitrogen and oxygen atoms in total. The van der Waals surface area contributed by atoms with E-state index in [1.54, 1.807) is 6.07 Å². The van der Waals surface area contributed by atoms with Crippen molar-refractivity contribution in [3.8, 4) is 0 Å². The van der Waals surface area contributed by atoms with Crippen LogP contribution in [0.25, 0.3) is 0 Å². The molecule has 0 aliphatic heterocycles. The summed E-state index contributed by atoms with van der Waals surface area (Å²) >= 11 is 5.44. The van der Waals surface area contributed by atoms with Gasteiger partial charge in [0.2, 0.25) is 15.9 Å². The van der Waals surface area contributed by atoms with Crippen LogP contribution in [0, 0.1) is 13.8 Å². The molecule has 2 N–H and O–H groups in total. The van der Waals surface area contributed by atoms with Crippen LogP contribution in [0.2, 0.25) is 0 Å². The Morgan fingerprint density at radius 3 is 2.65 bits per heavy atom. The standard InChI is InChI=1S/C13H19ClN2O3S/c1-10-5-3-6-12(11(10)2)16-13(17)9-15-20(18,19)8-4-7-14/h3,5-6,15H,4,7-9H2,1-2H3,(H,16,17). The molecule has 0 atom stereocenters. The van der Waals surface area contributed by atoms with Gasteiger partial charge in [-0.05, 0) is 37.5 Å². The first kappa shape index (κ1) is 16.9. The smallest absolute Gasteiger partial charge is 0.239 e. The fourth-order valence-electron chi connectivity index (χ4n) is 1.57. The Morgan fingerprint density at radius 2 is 2.00 bits per heavy atom. The Balaban J connectivity index is 2.54. The number of amides is 1. The number of sulfonamides is 1. The minimum Gasteiger partial charge on any atom is -0.325 e. The number of rotatable bonds is 7. The lowest BCUT2D eigenvalue weighted by Crippen LogP contribution is -2.34. The quantitative estimate of drug-likeness (QED) is 0.753. The van der Waals surface area contributed by atoms with Gasteiger partial charge in [-0.15, -0.1) is 11.6 Å². The number of hydrogen-bond acceptors (Lipinski definition) is 3. The molecule has 7 heteroatoms. The summed E-state index contributed by atoms with van der Waals surface area (Å²) in [6.45, 7) is 3.56. The number of halogens is 1. The number of alkyl halides is 1. The molecule has 1 amide bonds. The highest BCUT2D eigenvalue weighted by Gasteiger charge is 2.12. The molecule has 0 saturated heterocycles. The minimum absolute atomic E-state index is 0.0761. The van der Waals surface area contributed by atoms with E-state index in [-0.39, 0.29) is 18.2 Å². The van der Waals surface area contributed by atoms with E-state index in [0.29, 0.717) is 12.1 Å². The van der Waals surface area contributed by atoms with Crippen molar-refractivity contribution >= 4 is 33.2 Å². The van der Waals surface area contributed by atoms with Crippen molar-refractivity contribution in [3.63, 3.8) is 0 Å². The molecule has 20 heavy (non-hydrogen) atoms. The number of benzene rings is 1. The lowest BCUT2D eigenvalue weighted by molar-refractivity contribution is -0.115. The van der Waals surface area contributed by atoms with Gasteiger partial charge in [0.05, 0.1) is 12.3 Å². The van der Waals surface area contributed by atoms with Gasteiger partial charge in [0.25, 0.3) is 0 Å². The van der Waals surface area contributed by atoms with E-state index in [2.05, 4.69) is 10.0 Å². The molecule has 0 saturated carbocycles. The maximum atomic E-state index is 11.7. The van der Waals surface area contributed by atoms with Crippen molar-refractivity contribution in [3.05, 3.63) is 29.3 Å². The highest BCUT2D eigenvalue weighted by atomic mass is 35.5. The fraction of sp³-hybridized carbons (Fsp3) is 0.462. The van der Waals surface area contributed by atoms with E-state index in [1.807, 2.05) is 26.0 Å². The van der Waals surface area contributed by atoms with Crippen molar-refractivity contribution in [1.82, 2.24) is 4.72 Å². The Morgan fingerprint density at radius 1 is 1.30 bits per heavy atom. The largest absolute Gasteiger partial charge is 0.325 e. The topological polar surface area (TPSA) is 75.3 Å². The van der Waals surface area contributed by atoms with Crippen LogP contribution in [-0.4, -0.2) is 32.5 Å². The average Bonchev–Trinajstić information content (AvgIpc) is 2.40. The predicted molar refractivity (Wildman–Crippen MR) is 81.7 cm³/mol. The summed E-state index contributed by atoms with van der Waals surface area (Å²) < 4.78 is 25.3. The van der Waals surface area contributed by atoms with Gasteiger partial charge in [0.1, 0.15) is 0 Å². The van der Waals surface area contributed by atoms with Gasteiger partial charge in [-0.3, -0.25) is 4.79 Å². The zero-order valence-electron chi connectivity index (χ0n) is 11.6.